The Kier molecular flexibility index (Phi) is 4.86. The number of amidine groups is 1. The highest BCUT2D eigenvalue weighted by Crippen LogP contribution is 2.56. The summed E-state index contributed by atoms with van der Waals surface area (Å²) in [4.78, 5) is 20.3. The number of anilines is 1. The Hall–Kier alpha value is -3.54. The van der Waals surface area contributed by atoms with Gasteiger partial charge in [0, 0.05) is 28.9 Å². The van der Waals surface area contributed by atoms with Crippen LogP contribution in [0.1, 0.15) is 35.0 Å². The van der Waals surface area contributed by atoms with Crippen LogP contribution in [-0.2, 0) is 10.3 Å². The van der Waals surface area contributed by atoms with Gasteiger partial charge in [-0.1, -0.05) is 5.92 Å². The molecular weight excluding hydrogens is 397 g/mol. The number of benzene rings is 1. The van der Waals surface area contributed by atoms with E-state index in [0.717, 1.165) is 12.1 Å². The first-order chi connectivity index (χ1) is 14.3. The third-order valence-electron chi connectivity index (χ3n) is 5.12. The maximum absolute atomic E-state index is 14.6. The molecule has 1 aromatic heterocycles. The second kappa shape index (κ2) is 7.37. The fourth-order valence-corrected chi connectivity index (χ4v) is 3.65. The Morgan fingerprint density at radius 1 is 1.37 bits per heavy atom. The number of aromatic nitrogens is 1. The van der Waals surface area contributed by atoms with E-state index in [4.69, 9.17) is 10.5 Å². The van der Waals surface area contributed by atoms with Gasteiger partial charge in [-0.2, -0.15) is 0 Å². The van der Waals surface area contributed by atoms with Crippen molar-refractivity contribution in [2.45, 2.75) is 31.4 Å². The molecule has 30 heavy (non-hydrogen) atoms. The number of carbonyl (C=O) groups is 1. The SMILES string of the molecule is CC#Cc1ccc(C(=O)Nc2ccc(F)c([C@@]3(C(F)F)N=C(N)O[C@@H]4CC43)c2)nc1. The number of nitrogens with zero attached hydrogens (tertiary/aromatic N) is 2. The Bertz CT molecular complexity index is 1090. The van der Waals surface area contributed by atoms with Gasteiger partial charge in [0.25, 0.3) is 18.4 Å². The van der Waals surface area contributed by atoms with Crippen molar-refractivity contribution >= 4 is 17.6 Å². The molecule has 9 heteroatoms. The number of alkyl halides is 2. The number of amides is 1. The van der Waals surface area contributed by atoms with Gasteiger partial charge in [0.15, 0.2) is 5.54 Å². The first-order valence-corrected chi connectivity index (χ1v) is 9.15. The molecule has 1 aliphatic carbocycles. The third-order valence-corrected chi connectivity index (χ3v) is 5.12. The molecule has 154 valence electrons. The lowest BCUT2D eigenvalue weighted by molar-refractivity contribution is 0.0177. The molecule has 0 spiro atoms. The molecule has 0 radical (unpaired) electrons. The van der Waals surface area contributed by atoms with Gasteiger partial charge in [0.2, 0.25) is 0 Å². The van der Waals surface area contributed by atoms with Gasteiger partial charge in [-0.3, -0.25) is 4.79 Å². The number of fused-ring (bicyclic) bond motifs is 1. The minimum absolute atomic E-state index is 0.0988. The number of halogens is 3. The number of pyridine rings is 1. The maximum Gasteiger partial charge on any atom is 0.283 e. The van der Waals surface area contributed by atoms with Crippen LogP contribution in [0.15, 0.2) is 41.5 Å². The zero-order valence-corrected chi connectivity index (χ0v) is 15.8. The highest BCUT2D eigenvalue weighted by atomic mass is 19.3. The molecule has 1 aliphatic heterocycles. The summed E-state index contributed by atoms with van der Waals surface area (Å²) in [5.74, 6) is 3.40. The lowest BCUT2D eigenvalue weighted by Gasteiger charge is -2.33. The van der Waals surface area contributed by atoms with Gasteiger partial charge in [-0.15, -0.1) is 5.92 Å². The van der Waals surface area contributed by atoms with Crippen molar-refractivity contribution in [3.05, 3.63) is 59.2 Å². The fourth-order valence-electron chi connectivity index (χ4n) is 3.65. The molecule has 1 fully saturated rings. The van der Waals surface area contributed by atoms with Gasteiger partial charge in [0.1, 0.15) is 17.6 Å². The zero-order valence-electron chi connectivity index (χ0n) is 15.8. The minimum Gasteiger partial charge on any atom is -0.462 e. The summed E-state index contributed by atoms with van der Waals surface area (Å²) in [6.45, 7) is 1.68. The molecule has 6 nitrogen and oxygen atoms in total. The van der Waals surface area contributed by atoms with Crippen LogP contribution >= 0.6 is 0 Å². The Morgan fingerprint density at radius 2 is 2.17 bits per heavy atom. The zero-order chi connectivity index (χ0) is 21.5. The van der Waals surface area contributed by atoms with Crippen molar-refractivity contribution in [2.75, 3.05) is 5.32 Å². The van der Waals surface area contributed by atoms with Crippen molar-refractivity contribution in [3.8, 4) is 11.8 Å². The molecule has 3 atom stereocenters. The number of rotatable bonds is 4. The van der Waals surface area contributed by atoms with Crippen LogP contribution in [0.3, 0.4) is 0 Å². The number of nitrogens with two attached hydrogens (primary N) is 1. The monoisotopic (exact) mass is 414 g/mol. The molecule has 1 amide bonds. The Labute approximate surface area is 170 Å². The van der Waals surface area contributed by atoms with E-state index in [2.05, 4.69) is 27.1 Å². The van der Waals surface area contributed by atoms with Crippen molar-refractivity contribution in [1.82, 2.24) is 4.98 Å². The maximum atomic E-state index is 14.6. The van der Waals surface area contributed by atoms with Gasteiger partial charge in [0.05, 0.1) is 0 Å². The Morgan fingerprint density at radius 3 is 2.83 bits per heavy atom. The molecule has 0 bridgehead atoms. The number of hydrogen-bond donors (Lipinski definition) is 2. The average molecular weight is 414 g/mol. The fraction of sp³-hybridized carbons (Fsp3) is 0.286. The minimum atomic E-state index is -3.01. The first-order valence-electron chi connectivity index (χ1n) is 9.15. The molecule has 0 saturated heterocycles. The van der Waals surface area contributed by atoms with Gasteiger partial charge >= 0.3 is 0 Å². The van der Waals surface area contributed by atoms with Crippen molar-refractivity contribution in [3.63, 3.8) is 0 Å². The van der Waals surface area contributed by atoms with E-state index in [1.54, 1.807) is 13.0 Å². The molecule has 2 aliphatic rings. The molecule has 2 heterocycles. The van der Waals surface area contributed by atoms with E-state index in [-0.39, 0.29) is 16.9 Å². The van der Waals surface area contributed by atoms with E-state index < -0.39 is 41.7 Å². The summed E-state index contributed by atoms with van der Waals surface area (Å²) in [6.07, 6.45) is -1.80. The highest BCUT2D eigenvalue weighted by Gasteiger charge is 2.64. The van der Waals surface area contributed by atoms with E-state index >= 15 is 0 Å². The number of ether oxygens (including phenoxy) is 1. The molecule has 1 aromatic carbocycles. The Balaban J connectivity index is 1.65. The molecular formula is C21H17F3N4O2. The standard InChI is InChI=1S/C21H17F3N4O2/c1-2-3-11-4-7-16(26-10-11)18(29)27-12-5-6-15(22)13(8-12)21(19(23)24)14-9-17(14)30-20(25)28-21/h4-8,10,14,17,19H,9H2,1H3,(H2,25,28)(H,27,29)/t14?,17-,21-/m1/s1. The van der Waals surface area contributed by atoms with E-state index in [1.807, 2.05) is 0 Å². The van der Waals surface area contributed by atoms with Crippen LogP contribution in [0.4, 0.5) is 18.9 Å². The first kappa shape index (κ1) is 19.8. The molecule has 1 saturated carbocycles. The number of aliphatic imine (C=N–C) groups is 1. The van der Waals surface area contributed by atoms with Crippen LogP contribution in [0.5, 0.6) is 0 Å². The summed E-state index contributed by atoms with van der Waals surface area (Å²) in [6, 6.07) is 6.17. The van der Waals surface area contributed by atoms with Gasteiger partial charge in [-0.25, -0.2) is 23.1 Å². The molecule has 2 aromatic rings. The van der Waals surface area contributed by atoms with Crippen molar-refractivity contribution in [1.29, 1.82) is 0 Å². The quantitative estimate of drug-likeness (QED) is 0.753. The number of carbonyl (C=O) groups excluding carboxylic acids is 1. The largest absolute Gasteiger partial charge is 0.462 e. The van der Waals surface area contributed by atoms with Gasteiger partial charge < -0.3 is 15.8 Å². The number of hydrogen-bond acceptors (Lipinski definition) is 5. The summed E-state index contributed by atoms with van der Waals surface area (Å²) >= 11 is 0. The lowest BCUT2D eigenvalue weighted by Crippen LogP contribution is -2.43. The van der Waals surface area contributed by atoms with Gasteiger partial charge in [-0.05, 0) is 43.7 Å². The van der Waals surface area contributed by atoms with Crippen molar-refractivity contribution in [2.24, 2.45) is 16.6 Å². The average Bonchev–Trinajstić information content (AvgIpc) is 3.49. The lowest BCUT2D eigenvalue weighted by atomic mass is 9.84. The predicted octanol–water partition coefficient (Wildman–Crippen LogP) is 3.04. The molecule has 3 N–H and O–H groups in total. The second-order valence-corrected chi connectivity index (χ2v) is 7.03. The van der Waals surface area contributed by atoms with Crippen LogP contribution in [-0.4, -0.2) is 29.4 Å². The predicted molar refractivity (Wildman–Crippen MR) is 103 cm³/mol. The van der Waals surface area contributed by atoms with E-state index in [9.17, 15) is 18.0 Å². The van der Waals surface area contributed by atoms with Crippen LogP contribution in [0.25, 0.3) is 0 Å². The summed E-state index contributed by atoms with van der Waals surface area (Å²) < 4.78 is 48.1. The summed E-state index contributed by atoms with van der Waals surface area (Å²) in [5, 5.41) is 2.55. The van der Waals surface area contributed by atoms with Crippen LogP contribution < -0.4 is 11.1 Å². The molecule has 1 unspecified atom stereocenters. The molecule has 4 rings (SSSR count). The van der Waals surface area contributed by atoms with E-state index in [0.29, 0.717) is 12.0 Å². The van der Waals surface area contributed by atoms with Crippen LogP contribution in [0.2, 0.25) is 0 Å². The normalized spacial score (nSPS) is 24.1. The highest BCUT2D eigenvalue weighted by molar-refractivity contribution is 6.02. The number of nitrogens with one attached hydrogen (secondary N) is 1. The smallest absolute Gasteiger partial charge is 0.283 e. The summed E-state index contributed by atoms with van der Waals surface area (Å²) in [5.41, 5.74) is 3.95. The summed E-state index contributed by atoms with van der Waals surface area (Å²) in [7, 11) is 0. The van der Waals surface area contributed by atoms with Crippen molar-refractivity contribution < 1.29 is 22.7 Å². The second-order valence-electron chi connectivity index (χ2n) is 7.03. The van der Waals surface area contributed by atoms with Crippen LogP contribution in [0, 0.1) is 23.6 Å². The van der Waals surface area contributed by atoms with E-state index in [1.165, 1.54) is 18.3 Å². The topological polar surface area (TPSA) is 89.6 Å². The third kappa shape index (κ3) is 3.34.